The Hall–Kier alpha value is 0.774. The van der Waals surface area contributed by atoms with E-state index in [0.717, 1.165) is 6.61 Å². The molecule has 0 bridgehead atoms. The summed E-state index contributed by atoms with van der Waals surface area (Å²) in [6.07, 6.45) is 5.25. The first-order valence-corrected chi connectivity index (χ1v) is 7.67. The van der Waals surface area contributed by atoms with Gasteiger partial charge in [-0.1, -0.05) is 60.8 Å². The van der Waals surface area contributed by atoms with Gasteiger partial charge in [-0.05, 0) is 16.9 Å². The van der Waals surface area contributed by atoms with Crippen molar-refractivity contribution in [2.45, 2.75) is 72.3 Å². The third-order valence-electron chi connectivity index (χ3n) is 3.64. The normalized spacial score (nSPS) is 13.1. The first-order valence-electron chi connectivity index (χ1n) is 6.39. The molecular weight excluding hydrogens is 207 g/mol. The van der Waals surface area contributed by atoms with Crippen LogP contribution in [0, 0.1) is 5.41 Å². The summed E-state index contributed by atoms with van der Waals surface area (Å²) in [6.45, 7) is 14.9. The molecule has 0 saturated carbocycles. The standard InChI is InChI=1S/C13H30OSi.Li.H/c1-7-8-9-10-11-14-15-13(5,6)12(2,3)4;;/h7-11,15H2,1-6H3;;/q;+1;-1. The van der Waals surface area contributed by atoms with E-state index in [2.05, 4.69) is 41.5 Å². The second-order valence-electron chi connectivity index (χ2n) is 6.25. The van der Waals surface area contributed by atoms with Crippen LogP contribution < -0.4 is 18.9 Å². The topological polar surface area (TPSA) is 9.23 Å². The monoisotopic (exact) mass is 238 g/mol. The van der Waals surface area contributed by atoms with Gasteiger partial charge in [-0.25, -0.2) is 0 Å². The van der Waals surface area contributed by atoms with Crippen LogP contribution in [0.1, 0.15) is 68.7 Å². The largest absolute Gasteiger partial charge is 1.00 e. The van der Waals surface area contributed by atoms with Crippen LogP contribution in [-0.2, 0) is 4.43 Å². The molecule has 0 rings (SSSR count). The third-order valence-corrected chi connectivity index (χ3v) is 5.91. The molecule has 0 aromatic rings. The fraction of sp³-hybridized carbons (Fsp3) is 1.00. The quantitative estimate of drug-likeness (QED) is 0.475. The van der Waals surface area contributed by atoms with E-state index in [1.807, 2.05) is 0 Å². The number of unbranched alkanes of at least 4 members (excludes halogenated alkanes) is 3. The fourth-order valence-corrected chi connectivity index (χ4v) is 2.47. The van der Waals surface area contributed by atoms with Crippen LogP contribution in [0.2, 0.25) is 5.04 Å². The molecule has 0 atom stereocenters. The third kappa shape index (κ3) is 7.95. The molecule has 0 amide bonds. The molecule has 3 heteroatoms. The summed E-state index contributed by atoms with van der Waals surface area (Å²) < 4.78 is 5.91. The summed E-state index contributed by atoms with van der Waals surface area (Å²) in [4.78, 5) is 0. The first-order chi connectivity index (χ1) is 6.81. The van der Waals surface area contributed by atoms with Crippen LogP contribution in [0.15, 0.2) is 0 Å². The molecular formula is C13H31LiOSi. The van der Waals surface area contributed by atoms with Gasteiger partial charge in [0.1, 0.15) is 0 Å². The molecule has 0 spiro atoms. The van der Waals surface area contributed by atoms with Gasteiger partial charge in [-0.2, -0.15) is 0 Å². The molecule has 0 unspecified atom stereocenters. The number of rotatable bonds is 7. The van der Waals surface area contributed by atoms with Gasteiger partial charge in [0.2, 0.25) is 0 Å². The van der Waals surface area contributed by atoms with Gasteiger partial charge < -0.3 is 5.85 Å². The Morgan fingerprint density at radius 1 is 1.00 bits per heavy atom. The summed E-state index contributed by atoms with van der Waals surface area (Å²) >= 11 is 0. The van der Waals surface area contributed by atoms with Gasteiger partial charge in [0.25, 0.3) is 0 Å². The SMILES string of the molecule is CCCCCCO[SiH2]C(C)(C)C(C)(C)C.[H-].[Li+]. The molecule has 16 heavy (non-hydrogen) atoms. The maximum absolute atomic E-state index is 5.91. The zero-order chi connectivity index (χ0) is 11.9. The Kier molecular flexibility index (Phi) is 10.5. The zero-order valence-corrected chi connectivity index (χ0v) is 14.1. The maximum Gasteiger partial charge on any atom is 1.00 e. The van der Waals surface area contributed by atoms with Crippen LogP contribution in [0.3, 0.4) is 0 Å². The minimum atomic E-state index is -0.399. The molecule has 0 heterocycles. The average Bonchev–Trinajstić information content (AvgIpc) is 2.09. The summed E-state index contributed by atoms with van der Waals surface area (Å²) in [5.41, 5.74) is 0.378. The van der Waals surface area contributed by atoms with Gasteiger partial charge >= 0.3 is 18.9 Å². The van der Waals surface area contributed by atoms with Gasteiger partial charge in [0, 0.05) is 6.61 Å². The van der Waals surface area contributed by atoms with E-state index in [1.165, 1.54) is 25.7 Å². The molecule has 94 valence electrons. The molecule has 0 radical (unpaired) electrons. The number of hydrogen-bond acceptors (Lipinski definition) is 1. The Balaban J connectivity index is -0.000000980. The van der Waals surface area contributed by atoms with Crippen molar-refractivity contribution in [3.8, 4) is 0 Å². The van der Waals surface area contributed by atoms with Crippen LogP contribution in [0.5, 0.6) is 0 Å². The smallest absolute Gasteiger partial charge is 1.00 e. The van der Waals surface area contributed by atoms with E-state index in [1.54, 1.807) is 0 Å². The summed E-state index contributed by atoms with van der Waals surface area (Å²) in [6, 6.07) is 0. The maximum atomic E-state index is 5.91. The molecule has 0 aromatic heterocycles. The van der Waals surface area contributed by atoms with Crippen LogP contribution in [0.4, 0.5) is 0 Å². The van der Waals surface area contributed by atoms with Crippen LogP contribution in [0.25, 0.3) is 0 Å². The fourth-order valence-electron chi connectivity index (χ4n) is 1.17. The molecule has 0 N–H and O–H groups in total. The van der Waals surface area contributed by atoms with Crippen molar-refractivity contribution in [3.63, 3.8) is 0 Å². The molecule has 0 saturated heterocycles. The van der Waals surface area contributed by atoms with Gasteiger partial charge in [0.05, 0.1) is 0 Å². The van der Waals surface area contributed by atoms with E-state index in [4.69, 9.17) is 4.43 Å². The van der Waals surface area contributed by atoms with E-state index < -0.39 is 9.76 Å². The van der Waals surface area contributed by atoms with Crippen molar-refractivity contribution in [2.75, 3.05) is 6.61 Å². The predicted octanol–water partition coefficient (Wildman–Crippen LogP) is 1.03. The van der Waals surface area contributed by atoms with Crippen LogP contribution >= 0.6 is 0 Å². The van der Waals surface area contributed by atoms with Crippen molar-refractivity contribution in [1.29, 1.82) is 0 Å². The van der Waals surface area contributed by atoms with Crippen molar-refractivity contribution >= 4 is 9.76 Å². The van der Waals surface area contributed by atoms with Crippen molar-refractivity contribution in [3.05, 3.63) is 0 Å². The minimum Gasteiger partial charge on any atom is -1.00 e. The van der Waals surface area contributed by atoms with Gasteiger partial charge in [0.15, 0.2) is 9.76 Å². The van der Waals surface area contributed by atoms with E-state index in [9.17, 15) is 0 Å². The molecule has 0 aliphatic heterocycles. The minimum absolute atomic E-state index is 0. The summed E-state index contributed by atoms with van der Waals surface area (Å²) in [5, 5.41) is 0.401. The van der Waals surface area contributed by atoms with E-state index in [-0.39, 0.29) is 20.3 Å². The molecule has 0 aliphatic rings. The Morgan fingerprint density at radius 2 is 1.56 bits per heavy atom. The second-order valence-corrected chi connectivity index (χ2v) is 8.71. The van der Waals surface area contributed by atoms with Gasteiger partial charge in [-0.3, -0.25) is 0 Å². The molecule has 0 aromatic carbocycles. The van der Waals surface area contributed by atoms with E-state index in [0.29, 0.717) is 10.5 Å². The predicted molar refractivity (Wildman–Crippen MR) is 73.2 cm³/mol. The Bertz CT molecular complexity index is 169. The molecule has 1 nitrogen and oxygen atoms in total. The van der Waals surface area contributed by atoms with Gasteiger partial charge in [-0.15, -0.1) is 0 Å². The Labute approximate surface area is 119 Å². The average molecular weight is 238 g/mol. The summed E-state index contributed by atoms with van der Waals surface area (Å²) in [5.74, 6) is 0. The van der Waals surface area contributed by atoms with Crippen molar-refractivity contribution < 1.29 is 24.7 Å². The first kappa shape index (κ1) is 19.1. The second kappa shape index (κ2) is 8.81. The zero-order valence-electron chi connectivity index (χ0n) is 13.7. The number of hydrogen-bond donors (Lipinski definition) is 0. The van der Waals surface area contributed by atoms with Crippen molar-refractivity contribution in [2.24, 2.45) is 5.41 Å². The summed E-state index contributed by atoms with van der Waals surface area (Å²) in [7, 11) is -0.399. The van der Waals surface area contributed by atoms with E-state index >= 15 is 0 Å². The van der Waals surface area contributed by atoms with Crippen molar-refractivity contribution in [1.82, 2.24) is 0 Å². The van der Waals surface area contributed by atoms with Crippen LogP contribution in [-0.4, -0.2) is 16.4 Å². The Morgan fingerprint density at radius 3 is 2.00 bits per heavy atom. The molecule has 0 fully saturated rings. The molecule has 0 aliphatic carbocycles.